The largest absolute Gasteiger partial charge is 0.437 e. The van der Waals surface area contributed by atoms with Crippen LogP contribution >= 0.6 is 0 Å². The molecule has 6 heteroatoms. The van der Waals surface area contributed by atoms with E-state index in [1.807, 2.05) is 24.3 Å². The summed E-state index contributed by atoms with van der Waals surface area (Å²) in [4.78, 5) is 17.8. The summed E-state index contributed by atoms with van der Waals surface area (Å²) >= 11 is 0. The second kappa shape index (κ2) is 7.56. The van der Waals surface area contributed by atoms with Gasteiger partial charge < -0.3 is 19.2 Å². The van der Waals surface area contributed by atoms with E-state index in [4.69, 9.17) is 14.3 Å². The van der Waals surface area contributed by atoms with Gasteiger partial charge in [0, 0.05) is 32.4 Å². The van der Waals surface area contributed by atoms with Crippen LogP contribution < -0.4 is 0 Å². The molecule has 0 radical (unpaired) electrons. The van der Waals surface area contributed by atoms with Gasteiger partial charge in [0.15, 0.2) is 5.58 Å². The van der Waals surface area contributed by atoms with Crippen LogP contribution in [-0.2, 0) is 9.53 Å². The Hall–Kier alpha value is -2.18. The number of hydrogen-bond donors (Lipinski definition) is 1. The third-order valence-electron chi connectivity index (χ3n) is 2.93. The quantitative estimate of drug-likeness (QED) is 0.778. The van der Waals surface area contributed by atoms with Crippen molar-refractivity contribution in [3.8, 4) is 0 Å². The van der Waals surface area contributed by atoms with Gasteiger partial charge in [-0.05, 0) is 12.1 Å². The zero-order valence-corrected chi connectivity index (χ0v) is 11.9. The van der Waals surface area contributed by atoms with Crippen molar-refractivity contribution in [1.82, 2.24) is 9.88 Å². The highest BCUT2D eigenvalue weighted by molar-refractivity contribution is 5.91. The Balaban J connectivity index is 2.05. The third kappa shape index (κ3) is 4.14. The number of aromatic nitrogens is 1. The number of ether oxygens (including phenoxy) is 1. The summed E-state index contributed by atoms with van der Waals surface area (Å²) in [6.07, 6.45) is 2.91. The van der Waals surface area contributed by atoms with Crippen LogP contribution in [0.2, 0.25) is 0 Å². The molecule has 1 aromatic heterocycles. The van der Waals surface area contributed by atoms with E-state index in [1.54, 1.807) is 7.11 Å². The number of benzene rings is 1. The summed E-state index contributed by atoms with van der Waals surface area (Å²) in [5.74, 6) is 0.156. The van der Waals surface area contributed by atoms with Gasteiger partial charge in [0.1, 0.15) is 5.52 Å². The van der Waals surface area contributed by atoms with Crippen LogP contribution in [0.1, 0.15) is 5.89 Å². The summed E-state index contributed by atoms with van der Waals surface area (Å²) in [5.41, 5.74) is 1.42. The first-order chi connectivity index (χ1) is 10.2. The fraction of sp³-hybridized carbons (Fsp3) is 0.333. The van der Waals surface area contributed by atoms with Gasteiger partial charge in [-0.15, -0.1) is 0 Å². The minimum Gasteiger partial charge on any atom is -0.437 e. The van der Waals surface area contributed by atoms with Crippen molar-refractivity contribution in [3.05, 3.63) is 36.2 Å². The number of carbonyl (C=O) groups excluding carboxylic acids is 1. The number of hydrogen-bond acceptors (Lipinski definition) is 5. The Morgan fingerprint density at radius 1 is 1.43 bits per heavy atom. The van der Waals surface area contributed by atoms with E-state index in [1.165, 1.54) is 17.1 Å². The molecule has 0 spiro atoms. The van der Waals surface area contributed by atoms with Gasteiger partial charge in [-0.3, -0.25) is 4.79 Å². The number of aliphatic hydroxyl groups excluding tert-OH is 1. The third-order valence-corrected chi connectivity index (χ3v) is 2.93. The van der Waals surface area contributed by atoms with Crippen molar-refractivity contribution in [2.24, 2.45) is 0 Å². The molecule has 0 saturated heterocycles. The molecular formula is C15H18N2O4. The molecule has 21 heavy (non-hydrogen) atoms. The monoisotopic (exact) mass is 290 g/mol. The molecule has 0 aliphatic heterocycles. The summed E-state index contributed by atoms with van der Waals surface area (Å²) in [7, 11) is 1.57. The molecule has 0 atom stereocenters. The van der Waals surface area contributed by atoms with E-state index in [-0.39, 0.29) is 19.1 Å². The van der Waals surface area contributed by atoms with Crippen molar-refractivity contribution in [2.45, 2.75) is 0 Å². The molecule has 0 saturated carbocycles. The topological polar surface area (TPSA) is 75.8 Å². The van der Waals surface area contributed by atoms with Crippen LogP contribution in [0.15, 0.2) is 34.8 Å². The summed E-state index contributed by atoms with van der Waals surface area (Å²) in [5, 5.41) is 8.98. The predicted molar refractivity (Wildman–Crippen MR) is 78.6 cm³/mol. The minimum atomic E-state index is -0.219. The standard InChI is InChI=1S/C15H18N2O4/c1-20-11-9-17(8-10-18)15(19)7-6-14-16-12-4-2-3-5-13(12)21-14/h2-7,18H,8-11H2,1H3/b7-6+. The van der Waals surface area contributed by atoms with Crippen LogP contribution in [0.5, 0.6) is 0 Å². The molecule has 1 N–H and O–H groups in total. The SMILES string of the molecule is COCCN(CCO)C(=O)/C=C/c1nc2ccccc2o1. The maximum Gasteiger partial charge on any atom is 0.246 e. The van der Waals surface area contributed by atoms with Crippen molar-refractivity contribution in [2.75, 3.05) is 33.4 Å². The van der Waals surface area contributed by atoms with Crippen LogP contribution in [0, 0.1) is 0 Å². The Labute approximate surface area is 122 Å². The second-order valence-corrected chi connectivity index (χ2v) is 4.39. The molecule has 1 heterocycles. The van der Waals surface area contributed by atoms with Crippen LogP contribution in [0.3, 0.4) is 0 Å². The first-order valence-electron chi connectivity index (χ1n) is 6.67. The van der Waals surface area contributed by atoms with E-state index in [0.717, 1.165) is 5.52 Å². The molecule has 112 valence electrons. The second-order valence-electron chi connectivity index (χ2n) is 4.39. The number of para-hydroxylation sites is 2. The number of aliphatic hydroxyl groups is 1. The molecule has 0 unspecified atom stereocenters. The Bertz CT molecular complexity index is 588. The maximum absolute atomic E-state index is 12.0. The molecule has 6 nitrogen and oxygen atoms in total. The average Bonchev–Trinajstić information content (AvgIpc) is 2.92. The van der Waals surface area contributed by atoms with E-state index in [0.29, 0.717) is 24.6 Å². The Morgan fingerprint density at radius 2 is 2.24 bits per heavy atom. The first-order valence-corrected chi connectivity index (χ1v) is 6.67. The lowest BCUT2D eigenvalue weighted by Crippen LogP contribution is -2.34. The average molecular weight is 290 g/mol. The lowest BCUT2D eigenvalue weighted by atomic mass is 10.3. The van der Waals surface area contributed by atoms with E-state index >= 15 is 0 Å². The number of methoxy groups -OCH3 is 1. The highest BCUT2D eigenvalue weighted by Crippen LogP contribution is 2.15. The number of carbonyl (C=O) groups is 1. The molecule has 0 aliphatic carbocycles. The van der Waals surface area contributed by atoms with Gasteiger partial charge >= 0.3 is 0 Å². The number of amides is 1. The van der Waals surface area contributed by atoms with Crippen LogP contribution in [0.25, 0.3) is 17.2 Å². The maximum atomic E-state index is 12.0. The smallest absolute Gasteiger partial charge is 0.246 e. The minimum absolute atomic E-state index is 0.0911. The fourth-order valence-corrected chi connectivity index (χ4v) is 1.86. The van der Waals surface area contributed by atoms with Gasteiger partial charge in [0.05, 0.1) is 13.2 Å². The van der Waals surface area contributed by atoms with Crippen LogP contribution in [-0.4, -0.2) is 54.3 Å². The molecule has 1 amide bonds. The van der Waals surface area contributed by atoms with Crippen molar-refractivity contribution >= 4 is 23.1 Å². The highest BCUT2D eigenvalue weighted by atomic mass is 16.5. The fourth-order valence-electron chi connectivity index (χ4n) is 1.86. The van der Waals surface area contributed by atoms with Gasteiger partial charge in [-0.2, -0.15) is 0 Å². The number of oxazole rings is 1. The first kappa shape index (κ1) is 15.2. The lowest BCUT2D eigenvalue weighted by molar-refractivity contribution is -0.127. The highest BCUT2D eigenvalue weighted by Gasteiger charge is 2.10. The Kier molecular flexibility index (Phi) is 5.48. The summed E-state index contributed by atoms with van der Waals surface area (Å²) < 4.78 is 10.4. The van der Waals surface area contributed by atoms with Crippen molar-refractivity contribution in [1.29, 1.82) is 0 Å². The molecule has 1 aromatic carbocycles. The lowest BCUT2D eigenvalue weighted by Gasteiger charge is -2.19. The zero-order valence-electron chi connectivity index (χ0n) is 11.9. The van der Waals surface area contributed by atoms with Gasteiger partial charge in [-0.25, -0.2) is 4.98 Å². The van der Waals surface area contributed by atoms with Gasteiger partial charge in [0.25, 0.3) is 0 Å². The number of rotatable bonds is 7. The van der Waals surface area contributed by atoms with E-state index in [2.05, 4.69) is 4.98 Å². The van der Waals surface area contributed by atoms with Crippen LogP contribution in [0.4, 0.5) is 0 Å². The molecule has 0 bridgehead atoms. The predicted octanol–water partition coefficient (Wildman–Crippen LogP) is 1.31. The number of fused-ring (bicyclic) bond motifs is 1. The molecular weight excluding hydrogens is 272 g/mol. The summed E-state index contributed by atoms with van der Waals surface area (Å²) in [6.45, 7) is 1.02. The van der Waals surface area contributed by atoms with E-state index in [9.17, 15) is 4.79 Å². The molecule has 0 aliphatic rings. The molecule has 0 fully saturated rings. The van der Waals surface area contributed by atoms with Crippen molar-refractivity contribution < 1.29 is 19.1 Å². The molecule has 2 aromatic rings. The van der Waals surface area contributed by atoms with Gasteiger partial charge in [-0.1, -0.05) is 12.1 Å². The Morgan fingerprint density at radius 3 is 2.95 bits per heavy atom. The normalized spacial score (nSPS) is 11.3. The molecule has 2 rings (SSSR count). The van der Waals surface area contributed by atoms with E-state index < -0.39 is 0 Å². The van der Waals surface area contributed by atoms with Crippen molar-refractivity contribution in [3.63, 3.8) is 0 Å². The zero-order chi connectivity index (χ0) is 15.1. The van der Waals surface area contributed by atoms with Gasteiger partial charge in [0.2, 0.25) is 11.8 Å². The number of nitrogens with zero attached hydrogens (tertiary/aromatic N) is 2. The summed E-state index contributed by atoms with van der Waals surface area (Å²) in [6, 6.07) is 7.39.